The highest BCUT2D eigenvalue weighted by Crippen LogP contribution is 2.39. The third-order valence-electron chi connectivity index (χ3n) is 8.87. The van der Waals surface area contributed by atoms with Crippen LogP contribution in [0.2, 0.25) is 0 Å². The van der Waals surface area contributed by atoms with Crippen LogP contribution in [0.3, 0.4) is 0 Å². The Hall–Kier alpha value is -6.85. The van der Waals surface area contributed by atoms with Gasteiger partial charge in [0.25, 0.3) is 0 Å². The van der Waals surface area contributed by atoms with Crippen molar-refractivity contribution < 1.29 is 17.1 Å². The quantitative estimate of drug-likeness (QED) is 0.186. The molecule has 5 nitrogen and oxygen atoms in total. The smallest absolute Gasteiger partial charge is 0.164 e. The van der Waals surface area contributed by atoms with Crippen molar-refractivity contribution >= 4 is 43.9 Å². The molecule has 3 aromatic heterocycles. The molecule has 0 amide bonds. The van der Waals surface area contributed by atoms with Crippen molar-refractivity contribution in [2.24, 2.45) is 0 Å². The average Bonchev–Trinajstić information content (AvgIpc) is 3.82. The molecule has 0 N–H and O–H groups in total. The van der Waals surface area contributed by atoms with Gasteiger partial charge in [0.15, 0.2) is 17.5 Å². The molecule has 5 heteroatoms. The Bertz CT molecular complexity index is 3200. The Balaban J connectivity index is 1.20. The van der Waals surface area contributed by atoms with Crippen LogP contribution in [-0.4, -0.2) is 15.0 Å². The summed E-state index contributed by atoms with van der Waals surface area (Å²) in [5.74, 6) is 0.653. The van der Waals surface area contributed by atoms with E-state index < -0.39 is 0 Å². The molecule has 10 rings (SSSR count). The van der Waals surface area contributed by atoms with E-state index in [1.807, 2.05) is 115 Å². The summed E-state index contributed by atoms with van der Waals surface area (Å²) in [4.78, 5) is 14.4. The number of benzene rings is 7. The Morgan fingerprint density at radius 1 is 0.400 bits per heavy atom. The molecule has 0 radical (unpaired) electrons. The van der Waals surface area contributed by atoms with E-state index >= 15 is 0 Å². The number of furan rings is 2. The monoisotopic (exact) mass is 647 g/mol. The zero-order valence-electron chi connectivity index (χ0n) is 32.3. The van der Waals surface area contributed by atoms with Crippen LogP contribution in [0.1, 0.15) is 8.22 Å². The van der Waals surface area contributed by atoms with Crippen molar-refractivity contribution in [3.8, 4) is 56.4 Å². The Kier molecular flexibility index (Phi) is 5.17. The van der Waals surface area contributed by atoms with Gasteiger partial charge in [0.1, 0.15) is 22.3 Å². The number of hydrogen-bond donors (Lipinski definition) is 0. The van der Waals surface area contributed by atoms with E-state index in [-0.39, 0.29) is 75.1 Å². The lowest BCUT2D eigenvalue weighted by molar-refractivity contribution is 0.668. The summed E-state index contributed by atoms with van der Waals surface area (Å²) >= 11 is 0. The normalized spacial score (nSPS) is 13.3. The van der Waals surface area contributed by atoms with Crippen LogP contribution in [0.4, 0.5) is 0 Å². The summed E-state index contributed by atoms with van der Waals surface area (Å²) in [5.41, 5.74) is 5.57. The predicted octanol–water partition coefficient (Wildman–Crippen LogP) is 12.0. The number of fused-ring (bicyclic) bond motifs is 6. The minimum atomic E-state index is -0.359. The molecular weight excluding hydrogens is 615 g/mol. The highest BCUT2D eigenvalue weighted by atomic mass is 16.3. The van der Waals surface area contributed by atoms with Crippen LogP contribution in [0.25, 0.3) is 100 Å². The highest BCUT2D eigenvalue weighted by molar-refractivity contribution is 6.12. The second-order valence-corrected chi connectivity index (χ2v) is 11.9. The van der Waals surface area contributed by atoms with Crippen molar-refractivity contribution in [2.75, 3.05) is 0 Å². The molecule has 0 saturated heterocycles. The predicted molar refractivity (Wildman–Crippen MR) is 202 cm³/mol. The molecule has 50 heavy (non-hydrogen) atoms. The fourth-order valence-corrected chi connectivity index (χ4v) is 6.39. The van der Waals surface area contributed by atoms with E-state index in [1.54, 1.807) is 12.1 Å². The van der Waals surface area contributed by atoms with Crippen LogP contribution in [-0.2, 0) is 0 Å². The molecule has 0 bridgehead atoms. The molecule has 0 fully saturated rings. The third kappa shape index (κ3) is 4.75. The maximum atomic E-state index is 9.49. The van der Waals surface area contributed by atoms with Crippen molar-refractivity contribution in [3.63, 3.8) is 0 Å². The fraction of sp³-hybridized carbons (Fsp3) is 0. The summed E-state index contributed by atoms with van der Waals surface area (Å²) in [6, 6.07) is 38.3. The molecular formula is C45H27N3O2. The molecule has 3 heterocycles. The summed E-state index contributed by atoms with van der Waals surface area (Å²) < 4.78 is 67.3. The number of aromatic nitrogens is 3. The molecule has 0 unspecified atom stereocenters. The lowest BCUT2D eigenvalue weighted by Crippen LogP contribution is -2.00. The zero-order valence-corrected chi connectivity index (χ0v) is 26.3. The number of para-hydroxylation sites is 2. The molecule has 0 aliphatic carbocycles. The highest BCUT2D eigenvalue weighted by Gasteiger charge is 2.17. The summed E-state index contributed by atoms with van der Waals surface area (Å²) in [6.45, 7) is 0. The van der Waals surface area contributed by atoms with Gasteiger partial charge in [-0.05, 0) is 47.0 Å². The van der Waals surface area contributed by atoms with E-state index in [0.29, 0.717) is 39.5 Å². The van der Waals surface area contributed by atoms with Crippen molar-refractivity contribution in [3.05, 3.63) is 164 Å². The maximum Gasteiger partial charge on any atom is 0.164 e. The Labute approximate surface area is 295 Å². The number of nitrogens with zero attached hydrogens (tertiary/aromatic N) is 3. The SMILES string of the molecule is [2H]c1c([2H])c([2H])c2c(oc3c([2H])c(-c4nc(-c5ccccc5)nc(-c5ccc(-c6ccccc6)cc5)n4)c([2H])c([2H])c32)c1-c1ccc2oc3ccccc3c2c1. The van der Waals surface area contributed by atoms with Gasteiger partial charge in [0.05, 0.1) is 8.22 Å². The summed E-state index contributed by atoms with van der Waals surface area (Å²) in [6.07, 6.45) is 0. The first-order valence-electron chi connectivity index (χ1n) is 19.1. The van der Waals surface area contributed by atoms with Gasteiger partial charge in [-0.3, -0.25) is 0 Å². The van der Waals surface area contributed by atoms with Gasteiger partial charge in [-0.15, -0.1) is 0 Å². The van der Waals surface area contributed by atoms with Gasteiger partial charge in [-0.25, -0.2) is 15.0 Å². The minimum Gasteiger partial charge on any atom is -0.456 e. The van der Waals surface area contributed by atoms with Crippen molar-refractivity contribution in [1.82, 2.24) is 15.0 Å². The van der Waals surface area contributed by atoms with Crippen LogP contribution in [0.5, 0.6) is 0 Å². The molecule has 7 aromatic carbocycles. The topological polar surface area (TPSA) is 65.0 Å². The van der Waals surface area contributed by atoms with Crippen molar-refractivity contribution in [2.45, 2.75) is 0 Å². The van der Waals surface area contributed by atoms with E-state index in [9.17, 15) is 4.11 Å². The zero-order chi connectivity index (χ0) is 38.2. The summed E-state index contributed by atoms with van der Waals surface area (Å²) in [7, 11) is 0. The van der Waals surface area contributed by atoms with Gasteiger partial charge < -0.3 is 8.83 Å². The largest absolute Gasteiger partial charge is 0.456 e. The standard InChI is InChI=1S/C45H27N3O2/c1-3-10-28(11-4-1)29-18-20-31(21-19-29)44-46-43(30-12-5-2-6-13-30)47-45(48-44)33-22-24-36-37-16-9-15-34(42(37)50-41(36)27-33)32-23-25-40-38(26-32)35-14-7-8-17-39(35)49-40/h1-27H/i9D,15D,16D,22D,24D,27D. The first-order chi connectivity index (χ1) is 27.3. The van der Waals surface area contributed by atoms with Crippen LogP contribution in [0.15, 0.2) is 172 Å². The van der Waals surface area contributed by atoms with Crippen LogP contribution in [0, 0.1) is 0 Å². The van der Waals surface area contributed by atoms with Crippen molar-refractivity contribution in [1.29, 1.82) is 0 Å². The van der Waals surface area contributed by atoms with E-state index in [0.717, 1.165) is 21.9 Å². The maximum absolute atomic E-state index is 9.49. The average molecular weight is 648 g/mol. The second kappa shape index (κ2) is 11.4. The molecule has 0 atom stereocenters. The first kappa shape index (κ1) is 22.7. The van der Waals surface area contributed by atoms with E-state index in [4.69, 9.17) is 27.9 Å². The van der Waals surface area contributed by atoms with Gasteiger partial charge in [0, 0.05) is 43.8 Å². The molecule has 0 spiro atoms. The molecule has 10 aromatic rings. The fourth-order valence-electron chi connectivity index (χ4n) is 6.39. The number of rotatable bonds is 5. The van der Waals surface area contributed by atoms with Crippen LogP contribution >= 0.6 is 0 Å². The molecule has 0 saturated carbocycles. The van der Waals surface area contributed by atoms with E-state index in [1.165, 1.54) is 0 Å². The Morgan fingerprint density at radius 3 is 1.78 bits per heavy atom. The third-order valence-corrected chi connectivity index (χ3v) is 8.87. The van der Waals surface area contributed by atoms with Gasteiger partial charge >= 0.3 is 0 Å². The lowest BCUT2D eigenvalue weighted by atomic mass is 10.00. The minimum absolute atomic E-state index is 0.0119. The van der Waals surface area contributed by atoms with Crippen LogP contribution < -0.4 is 0 Å². The molecule has 234 valence electrons. The number of hydrogen-bond acceptors (Lipinski definition) is 5. The second-order valence-electron chi connectivity index (χ2n) is 11.9. The molecule has 0 aliphatic rings. The Morgan fingerprint density at radius 2 is 1.00 bits per heavy atom. The first-order valence-corrected chi connectivity index (χ1v) is 16.1. The molecule has 0 aliphatic heterocycles. The lowest BCUT2D eigenvalue weighted by Gasteiger charge is -2.09. The van der Waals surface area contributed by atoms with E-state index in [2.05, 4.69) is 0 Å². The van der Waals surface area contributed by atoms with Gasteiger partial charge in [-0.1, -0.05) is 133 Å². The van der Waals surface area contributed by atoms with Gasteiger partial charge in [0.2, 0.25) is 0 Å². The summed E-state index contributed by atoms with van der Waals surface area (Å²) in [5, 5.41) is 1.81. The van der Waals surface area contributed by atoms with Gasteiger partial charge in [-0.2, -0.15) is 0 Å².